The van der Waals surface area contributed by atoms with Gasteiger partial charge in [0.05, 0.1) is 24.1 Å². The van der Waals surface area contributed by atoms with Gasteiger partial charge in [-0.3, -0.25) is 24.1 Å². The van der Waals surface area contributed by atoms with Crippen molar-refractivity contribution in [3.63, 3.8) is 0 Å². The first-order valence-electron chi connectivity index (χ1n) is 8.87. The fourth-order valence-corrected chi connectivity index (χ4v) is 2.92. The Bertz CT molecular complexity index is 1020. The predicted molar refractivity (Wildman–Crippen MR) is 102 cm³/mol. The molecule has 1 aliphatic rings. The smallest absolute Gasteiger partial charge is 0.308 e. The minimum atomic E-state index is -0.715. The number of nitriles is 1. The number of anilines is 1. The van der Waals surface area contributed by atoms with Gasteiger partial charge < -0.3 is 10.1 Å². The molecule has 0 aliphatic carbocycles. The van der Waals surface area contributed by atoms with Crippen molar-refractivity contribution in [1.29, 1.82) is 5.26 Å². The van der Waals surface area contributed by atoms with Crippen LogP contribution in [0.2, 0.25) is 0 Å². The third-order valence-electron chi connectivity index (χ3n) is 4.36. The molecule has 0 fully saturated rings. The summed E-state index contributed by atoms with van der Waals surface area (Å²) in [6.07, 6.45) is -0.126. The molecule has 2 aromatic rings. The maximum atomic E-state index is 12.4. The Morgan fingerprint density at radius 1 is 1.10 bits per heavy atom. The van der Waals surface area contributed by atoms with E-state index in [-0.39, 0.29) is 30.9 Å². The molecule has 0 aromatic heterocycles. The molecule has 29 heavy (non-hydrogen) atoms. The zero-order chi connectivity index (χ0) is 20.8. The van der Waals surface area contributed by atoms with E-state index in [9.17, 15) is 19.2 Å². The van der Waals surface area contributed by atoms with Crippen molar-refractivity contribution < 1.29 is 23.9 Å². The minimum absolute atomic E-state index is 0.0949. The van der Waals surface area contributed by atoms with Crippen molar-refractivity contribution in [1.82, 2.24) is 4.90 Å². The lowest BCUT2D eigenvalue weighted by Gasteiger charge is -2.26. The van der Waals surface area contributed by atoms with Crippen molar-refractivity contribution in [3.8, 4) is 6.07 Å². The number of carbonyl (C=O) groups is 4. The summed E-state index contributed by atoms with van der Waals surface area (Å²) < 4.78 is 4.90. The normalized spacial score (nSPS) is 12.7. The van der Waals surface area contributed by atoms with E-state index in [1.54, 1.807) is 48.5 Å². The first-order valence-corrected chi connectivity index (χ1v) is 8.87. The lowest BCUT2D eigenvalue weighted by atomic mass is 9.98. The van der Waals surface area contributed by atoms with E-state index in [0.29, 0.717) is 16.8 Å². The lowest BCUT2D eigenvalue weighted by Crippen LogP contribution is -2.43. The molecule has 2 aromatic carbocycles. The average Bonchev–Trinajstić information content (AvgIpc) is 2.72. The van der Waals surface area contributed by atoms with Gasteiger partial charge >= 0.3 is 5.97 Å². The van der Waals surface area contributed by atoms with Crippen LogP contribution in [0.25, 0.3) is 0 Å². The van der Waals surface area contributed by atoms with Crippen molar-refractivity contribution >= 4 is 29.4 Å². The largest absolute Gasteiger partial charge is 0.456 e. The van der Waals surface area contributed by atoms with Gasteiger partial charge in [0.2, 0.25) is 5.91 Å². The summed E-state index contributed by atoms with van der Waals surface area (Å²) in [6.45, 7) is -0.660. The summed E-state index contributed by atoms with van der Waals surface area (Å²) in [5.74, 6) is -2.14. The Hall–Kier alpha value is -3.99. The van der Waals surface area contributed by atoms with E-state index >= 15 is 0 Å². The number of para-hydroxylation sites is 1. The molecule has 3 rings (SSSR count). The molecule has 0 bridgehead atoms. The van der Waals surface area contributed by atoms with Gasteiger partial charge in [-0.25, -0.2) is 0 Å². The van der Waals surface area contributed by atoms with Gasteiger partial charge in [-0.05, 0) is 23.8 Å². The zero-order valence-electron chi connectivity index (χ0n) is 15.4. The number of imide groups is 1. The second-order valence-corrected chi connectivity index (χ2v) is 6.30. The Kier molecular flexibility index (Phi) is 6.00. The predicted octanol–water partition coefficient (Wildman–Crippen LogP) is 1.66. The Morgan fingerprint density at radius 2 is 1.83 bits per heavy atom. The van der Waals surface area contributed by atoms with Crippen LogP contribution >= 0.6 is 0 Å². The fraction of sp³-hybridized carbons (Fsp3) is 0.190. The maximum absolute atomic E-state index is 12.4. The number of nitrogens with one attached hydrogen (secondary N) is 1. The quantitative estimate of drug-likeness (QED) is 0.591. The number of nitrogens with zero attached hydrogens (tertiary/aromatic N) is 2. The van der Waals surface area contributed by atoms with E-state index in [2.05, 4.69) is 5.32 Å². The second kappa shape index (κ2) is 8.80. The molecular weight excluding hydrogens is 374 g/mol. The van der Waals surface area contributed by atoms with E-state index in [1.807, 2.05) is 6.07 Å². The molecular formula is C21H17N3O5. The Morgan fingerprint density at radius 3 is 2.62 bits per heavy atom. The number of ether oxygens (including phenoxy) is 1. The Labute approximate surface area is 166 Å². The summed E-state index contributed by atoms with van der Waals surface area (Å²) in [5.41, 5.74) is 1.71. The third kappa shape index (κ3) is 4.65. The van der Waals surface area contributed by atoms with Gasteiger partial charge in [0.25, 0.3) is 11.8 Å². The maximum Gasteiger partial charge on any atom is 0.308 e. The first kappa shape index (κ1) is 19.8. The molecule has 3 amide bonds. The highest BCUT2D eigenvalue weighted by Crippen LogP contribution is 2.19. The summed E-state index contributed by atoms with van der Waals surface area (Å²) in [5, 5.41) is 11.5. The number of hydrogen-bond donors (Lipinski definition) is 1. The molecule has 8 heteroatoms. The van der Waals surface area contributed by atoms with Crippen LogP contribution in [0.1, 0.15) is 27.9 Å². The van der Waals surface area contributed by atoms with Crippen molar-refractivity contribution in [2.45, 2.75) is 12.8 Å². The van der Waals surface area contributed by atoms with Crippen LogP contribution in [-0.2, 0) is 25.5 Å². The van der Waals surface area contributed by atoms with Crippen LogP contribution in [0.5, 0.6) is 0 Å². The molecule has 1 aliphatic heterocycles. The van der Waals surface area contributed by atoms with Gasteiger partial charge in [0, 0.05) is 12.1 Å². The van der Waals surface area contributed by atoms with Gasteiger partial charge in [0.1, 0.15) is 6.07 Å². The summed E-state index contributed by atoms with van der Waals surface area (Å²) in [6, 6.07) is 15.2. The van der Waals surface area contributed by atoms with Crippen LogP contribution in [-0.4, -0.2) is 41.7 Å². The van der Waals surface area contributed by atoms with Crippen molar-refractivity contribution in [2.75, 3.05) is 18.5 Å². The van der Waals surface area contributed by atoms with Gasteiger partial charge in [0.15, 0.2) is 6.61 Å². The number of esters is 1. The van der Waals surface area contributed by atoms with Crippen molar-refractivity contribution in [2.24, 2.45) is 0 Å². The second-order valence-electron chi connectivity index (χ2n) is 6.30. The van der Waals surface area contributed by atoms with Crippen LogP contribution < -0.4 is 5.32 Å². The molecule has 1 N–H and O–H groups in total. The van der Waals surface area contributed by atoms with Crippen LogP contribution in [0.3, 0.4) is 0 Å². The average molecular weight is 391 g/mol. The molecule has 0 spiro atoms. The topological polar surface area (TPSA) is 117 Å². The number of fused-ring (bicyclic) bond motifs is 1. The number of benzene rings is 2. The molecule has 146 valence electrons. The van der Waals surface area contributed by atoms with Crippen LogP contribution in [0, 0.1) is 11.3 Å². The number of rotatable bonds is 6. The molecule has 0 unspecified atom stereocenters. The zero-order valence-corrected chi connectivity index (χ0v) is 15.4. The molecule has 0 saturated carbocycles. The SMILES string of the molecule is N#Cc1ccccc1NC(=O)COC(=O)CCN1C(=O)Cc2ccccc2C1=O. The Balaban J connectivity index is 1.49. The first-order chi connectivity index (χ1) is 14.0. The molecule has 8 nitrogen and oxygen atoms in total. The summed E-state index contributed by atoms with van der Waals surface area (Å²) in [7, 11) is 0. The highest BCUT2D eigenvalue weighted by atomic mass is 16.5. The van der Waals surface area contributed by atoms with E-state index in [1.165, 1.54) is 0 Å². The highest BCUT2D eigenvalue weighted by Gasteiger charge is 2.30. The molecule has 1 heterocycles. The fourth-order valence-electron chi connectivity index (χ4n) is 2.92. The van der Waals surface area contributed by atoms with Gasteiger partial charge in [-0.2, -0.15) is 5.26 Å². The number of hydrogen-bond acceptors (Lipinski definition) is 6. The highest BCUT2D eigenvalue weighted by molar-refractivity contribution is 6.09. The van der Waals surface area contributed by atoms with Crippen LogP contribution in [0.15, 0.2) is 48.5 Å². The molecule has 0 saturated heterocycles. The monoisotopic (exact) mass is 391 g/mol. The molecule has 0 radical (unpaired) electrons. The van der Waals surface area contributed by atoms with E-state index in [0.717, 1.165) is 4.90 Å². The lowest BCUT2D eigenvalue weighted by molar-refractivity contribution is -0.147. The standard InChI is InChI=1S/C21H17N3O5/c22-12-15-6-2-4-8-17(15)23-18(25)13-29-20(27)9-10-24-19(26)11-14-5-1-3-7-16(14)21(24)28/h1-8H,9-11,13H2,(H,23,25). The van der Waals surface area contributed by atoms with E-state index in [4.69, 9.17) is 10.00 Å². The number of amides is 3. The van der Waals surface area contributed by atoms with E-state index < -0.39 is 24.4 Å². The van der Waals surface area contributed by atoms with Gasteiger partial charge in [-0.15, -0.1) is 0 Å². The minimum Gasteiger partial charge on any atom is -0.456 e. The molecule has 0 atom stereocenters. The van der Waals surface area contributed by atoms with Gasteiger partial charge in [-0.1, -0.05) is 30.3 Å². The number of carbonyl (C=O) groups excluding carboxylic acids is 4. The summed E-state index contributed by atoms with van der Waals surface area (Å²) >= 11 is 0. The summed E-state index contributed by atoms with van der Waals surface area (Å²) in [4.78, 5) is 49.5. The van der Waals surface area contributed by atoms with Crippen molar-refractivity contribution in [3.05, 3.63) is 65.2 Å². The van der Waals surface area contributed by atoms with Crippen LogP contribution in [0.4, 0.5) is 5.69 Å². The third-order valence-corrected chi connectivity index (χ3v) is 4.36.